The highest BCUT2D eigenvalue weighted by Crippen LogP contribution is 2.27. The van der Waals surface area contributed by atoms with E-state index in [2.05, 4.69) is 59.9 Å². The molecule has 0 aliphatic rings. The fraction of sp³-hybridized carbons (Fsp3) is 0.727. The highest BCUT2D eigenvalue weighted by atomic mass is 15.1. The molecular formula is C22H41N. The van der Waals surface area contributed by atoms with Gasteiger partial charge in [0.15, 0.2) is 0 Å². The number of likely N-dealkylation sites (N-methyl/N-ethyl adjacent to an activating group) is 1. The van der Waals surface area contributed by atoms with Crippen LogP contribution in [0.25, 0.3) is 0 Å². The Morgan fingerprint density at radius 3 is 1.87 bits per heavy atom. The molecule has 134 valence electrons. The molecule has 0 amide bonds. The normalized spacial score (nSPS) is 16.8. The van der Waals surface area contributed by atoms with Crippen molar-refractivity contribution in [3.05, 3.63) is 36.6 Å². The Hall–Kier alpha value is -0.980. The van der Waals surface area contributed by atoms with Crippen molar-refractivity contribution in [1.29, 1.82) is 0 Å². The summed E-state index contributed by atoms with van der Waals surface area (Å²) >= 11 is 0. The van der Waals surface area contributed by atoms with Crippen molar-refractivity contribution in [3.63, 3.8) is 0 Å². The smallest absolute Gasteiger partial charge is 0.0288 e. The Balaban J connectivity index is 4.18. The van der Waals surface area contributed by atoms with E-state index in [9.17, 15) is 0 Å². The average molecular weight is 320 g/mol. The molecule has 0 aromatic heterocycles. The maximum absolute atomic E-state index is 4.23. The van der Waals surface area contributed by atoms with Gasteiger partial charge < -0.3 is 4.90 Å². The molecule has 0 radical (unpaired) electrons. The van der Waals surface area contributed by atoms with Gasteiger partial charge in [0, 0.05) is 19.8 Å². The van der Waals surface area contributed by atoms with Crippen molar-refractivity contribution >= 4 is 0 Å². The van der Waals surface area contributed by atoms with Gasteiger partial charge in [-0.2, -0.15) is 0 Å². The van der Waals surface area contributed by atoms with E-state index in [4.69, 9.17) is 0 Å². The molecule has 0 aliphatic carbocycles. The molecule has 0 bridgehead atoms. The zero-order valence-electron chi connectivity index (χ0n) is 16.9. The minimum atomic E-state index is 0.547. The molecule has 0 saturated heterocycles. The van der Waals surface area contributed by atoms with E-state index in [-0.39, 0.29) is 0 Å². The monoisotopic (exact) mass is 319 g/mol. The van der Waals surface area contributed by atoms with Gasteiger partial charge in [-0.05, 0) is 42.6 Å². The Bertz CT molecular complexity index is 377. The van der Waals surface area contributed by atoms with Crippen LogP contribution in [0.5, 0.6) is 0 Å². The number of allylic oxidation sites excluding steroid dienone is 3. The van der Waals surface area contributed by atoms with Gasteiger partial charge in [-0.3, -0.25) is 0 Å². The van der Waals surface area contributed by atoms with E-state index < -0.39 is 0 Å². The first-order chi connectivity index (χ1) is 10.7. The zero-order chi connectivity index (χ0) is 18.0. The van der Waals surface area contributed by atoms with E-state index in [0.717, 1.165) is 23.5 Å². The third-order valence-corrected chi connectivity index (χ3v) is 5.54. The predicted octanol–water partition coefficient (Wildman–Crippen LogP) is 6.69. The summed E-state index contributed by atoms with van der Waals surface area (Å²) in [7, 11) is 4.03. The molecule has 23 heavy (non-hydrogen) atoms. The van der Waals surface area contributed by atoms with Crippen molar-refractivity contribution in [2.75, 3.05) is 14.1 Å². The van der Waals surface area contributed by atoms with Gasteiger partial charge in [0.05, 0.1) is 0 Å². The number of hydrogen-bond acceptors (Lipinski definition) is 1. The molecule has 1 nitrogen and oxygen atoms in total. The van der Waals surface area contributed by atoms with Gasteiger partial charge in [-0.15, -0.1) is 0 Å². The minimum absolute atomic E-state index is 0.547. The largest absolute Gasteiger partial charge is 0.378 e. The third kappa shape index (κ3) is 9.69. The lowest BCUT2D eigenvalue weighted by Gasteiger charge is -2.23. The highest BCUT2D eigenvalue weighted by molar-refractivity contribution is 5.24. The van der Waals surface area contributed by atoms with Gasteiger partial charge in [0.1, 0.15) is 0 Å². The van der Waals surface area contributed by atoms with Gasteiger partial charge >= 0.3 is 0 Å². The van der Waals surface area contributed by atoms with E-state index in [1.165, 1.54) is 37.7 Å². The lowest BCUT2D eigenvalue weighted by molar-refractivity contribution is 0.301. The third-order valence-electron chi connectivity index (χ3n) is 5.54. The average Bonchev–Trinajstić information content (AvgIpc) is 2.53. The second-order valence-electron chi connectivity index (χ2n) is 7.82. The second-order valence-corrected chi connectivity index (χ2v) is 7.82. The number of hydrogen-bond donors (Lipinski definition) is 0. The molecule has 0 fully saturated rings. The molecule has 0 rings (SSSR count). The van der Waals surface area contributed by atoms with Gasteiger partial charge in [0.2, 0.25) is 0 Å². The van der Waals surface area contributed by atoms with Crippen LogP contribution in [0.4, 0.5) is 0 Å². The summed E-state index contributed by atoms with van der Waals surface area (Å²) in [6.07, 6.45) is 10.8. The van der Waals surface area contributed by atoms with Crippen LogP contribution in [0.3, 0.4) is 0 Å². The second kappa shape index (κ2) is 11.5. The zero-order valence-corrected chi connectivity index (χ0v) is 16.9. The Morgan fingerprint density at radius 1 is 0.870 bits per heavy atom. The predicted molar refractivity (Wildman–Crippen MR) is 107 cm³/mol. The van der Waals surface area contributed by atoms with Crippen LogP contribution in [0.1, 0.15) is 66.7 Å². The molecule has 0 aromatic rings. The van der Waals surface area contributed by atoms with Gasteiger partial charge in [0.25, 0.3) is 0 Å². The molecule has 0 N–H and O–H groups in total. The standard InChI is InChI=1S/C22H41N/c1-10-17(2)11-12-18(3)19(4)13-14-20(5)21(6)15-16-22(7)23(8)9/h15-20H,6-7,10-14H2,1-5,8-9H3/b16-15-. The SMILES string of the molecule is C=C(/C=C\C(=C)N(C)C)C(C)CCC(C)C(C)CCC(C)CC. The van der Waals surface area contributed by atoms with Crippen LogP contribution < -0.4 is 0 Å². The quantitative estimate of drug-likeness (QED) is 0.362. The molecule has 0 spiro atoms. The topological polar surface area (TPSA) is 3.24 Å². The fourth-order valence-corrected chi connectivity index (χ4v) is 2.54. The van der Waals surface area contributed by atoms with Crippen LogP contribution >= 0.6 is 0 Å². The van der Waals surface area contributed by atoms with E-state index in [1.54, 1.807) is 0 Å². The Morgan fingerprint density at radius 2 is 1.39 bits per heavy atom. The Labute approximate surface area is 146 Å². The van der Waals surface area contributed by atoms with Crippen LogP contribution in [-0.2, 0) is 0 Å². The molecule has 4 atom stereocenters. The van der Waals surface area contributed by atoms with Crippen molar-refractivity contribution in [2.45, 2.75) is 66.7 Å². The van der Waals surface area contributed by atoms with Gasteiger partial charge in [-0.1, -0.05) is 78.7 Å². The van der Waals surface area contributed by atoms with Crippen LogP contribution in [0, 0.1) is 23.7 Å². The summed E-state index contributed by atoms with van der Waals surface area (Å²) in [6.45, 7) is 20.1. The van der Waals surface area contributed by atoms with Crippen molar-refractivity contribution in [1.82, 2.24) is 4.90 Å². The van der Waals surface area contributed by atoms with Gasteiger partial charge in [-0.25, -0.2) is 0 Å². The van der Waals surface area contributed by atoms with Crippen molar-refractivity contribution < 1.29 is 0 Å². The van der Waals surface area contributed by atoms with Crippen molar-refractivity contribution in [3.8, 4) is 0 Å². The summed E-state index contributed by atoms with van der Waals surface area (Å²) in [5.74, 6) is 3.05. The maximum atomic E-state index is 4.23. The fourth-order valence-electron chi connectivity index (χ4n) is 2.54. The molecule has 0 heterocycles. The van der Waals surface area contributed by atoms with E-state index in [1.807, 2.05) is 19.0 Å². The first-order valence-electron chi connectivity index (χ1n) is 9.42. The molecule has 4 unspecified atom stereocenters. The first kappa shape index (κ1) is 22.0. The summed E-state index contributed by atoms with van der Waals surface area (Å²) in [5, 5.41) is 0. The van der Waals surface area contributed by atoms with Crippen LogP contribution in [0.2, 0.25) is 0 Å². The minimum Gasteiger partial charge on any atom is -0.378 e. The molecule has 0 aromatic carbocycles. The summed E-state index contributed by atoms with van der Waals surface area (Å²) in [4.78, 5) is 2.02. The number of nitrogens with zero attached hydrogens (tertiary/aromatic N) is 1. The first-order valence-corrected chi connectivity index (χ1v) is 9.42. The van der Waals surface area contributed by atoms with E-state index in [0.29, 0.717) is 5.92 Å². The van der Waals surface area contributed by atoms with E-state index >= 15 is 0 Å². The molecule has 0 aliphatic heterocycles. The summed E-state index contributed by atoms with van der Waals surface area (Å²) < 4.78 is 0. The van der Waals surface area contributed by atoms with Crippen molar-refractivity contribution in [2.24, 2.45) is 23.7 Å². The highest BCUT2D eigenvalue weighted by Gasteiger charge is 2.15. The lowest BCUT2D eigenvalue weighted by atomic mass is 9.83. The van der Waals surface area contributed by atoms with Crippen LogP contribution in [0.15, 0.2) is 36.6 Å². The van der Waals surface area contributed by atoms with Crippen LogP contribution in [-0.4, -0.2) is 19.0 Å². The maximum Gasteiger partial charge on any atom is 0.0288 e. The summed E-state index contributed by atoms with van der Waals surface area (Å²) in [6, 6.07) is 0. The lowest BCUT2D eigenvalue weighted by Crippen LogP contribution is -2.11. The molecular weight excluding hydrogens is 278 g/mol. The summed E-state index contributed by atoms with van der Waals surface area (Å²) in [5.41, 5.74) is 2.23. The number of rotatable bonds is 12. The molecule has 0 saturated carbocycles. The Kier molecular flexibility index (Phi) is 11.0. The molecule has 1 heteroatoms.